The summed E-state index contributed by atoms with van der Waals surface area (Å²) in [5, 5.41) is 11.3. The van der Waals surface area contributed by atoms with Gasteiger partial charge in [0.05, 0.1) is 12.7 Å². The Hall–Kier alpha value is -0.450. The summed E-state index contributed by atoms with van der Waals surface area (Å²) in [6, 6.07) is 0. The minimum absolute atomic E-state index is 0.0304. The predicted octanol–water partition coefficient (Wildman–Crippen LogP) is -1.51. The zero-order valence-electron chi connectivity index (χ0n) is 4.91. The molecule has 0 radical (unpaired) electrons. The molecule has 0 aromatic carbocycles. The van der Waals surface area contributed by atoms with E-state index in [0.717, 1.165) is 0 Å². The SMILES string of the molecule is O=CC1NC[C@@H](CO)O1. The Kier molecular flexibility index (Phi) is 2.16. The van der Waals surface area contributed by atoms with Gasteiger partial charge in [-0.2, -0.15) is 0 Å². The summed E-state index contributed by atoms with van der Waals surface area (Å²) in [5.74, 6) is 0. The number of nitrogens with one attached hydrogen (secondary N) is 1. The van der Waals surface area contributed by atoms with Crippen LogP contribution in [0, 0.1) is 0 Å². The topological polar surface area (TPSA) is 58.6 Å². The van der Waals surface area contributed by atoms with Crippen LogP contribution in [0.25, 0.3) is 0 Å². The minimum Gasteiger partial charge on any atom is -0.394 e. The Bertz CT molecular complexity index is 106. The van der Waals surface area contributed by atoms with E-state index in [4.69, 9.17) is 9.84 Å². The van der Waals surface area contributed by atoms with Gasteiger partial charge in [-0.1, -0.05) is 0 Å². The molecule has 0 amide bonds. The molecule has 52 valence electrons. The van der Waals surface area contributed by atoms with Crippen LogP contribution in [-0.4, -0.2) is 36.9 Å². The highest BCUT2D eigenvalue weighted by Crippen LogP contribution is 2.00. The summed E-state index contributed by atoms with van der Waals surface area (Å²) in [7, 11) is 0. The molecule has 2 atom stereocenters. The average molecular weight is 131 g/mol. The molecule has 0 aromatic heterocycles. The Morgan fingerprint density at radius 1 is 1.89 bits per heavy atom. The van der Waals surface area contributed by atoms with Crippen molar-refractivity contribution in [1.82, 2.24) is 5.32 Å². The summed E-state index contributed by atoms with van der Waals surface area (Å²) >= 11 is 0. The van der Waals surface area contributed by atoms with Crippen molar-refractivity contribution in [2.45, 2.75) is 12.3 Å². The molecule has 2 N–H and O–H groups in total. The van der Waals surface area contributed by atoms with Gasteiger partial charge in [0.15, 0.2) is 12.5 Å². The Balaban J connectivity index is 2.28. The molecular formula is C5H9NO3. The largest absolute Gasteiger partial charge is 0.394 e. The van der Waals surface area contributed by atoms with Crippen LogP contribution >= 0.6 is 0 Å². The summed E-state index contributed by atoms with van der Waals surface area (Å²) in [5.41, 5.74) is 0. The molecule has 9 heavy (non-hydrogen) atoms. The van der Waals surface area contributed by atoms with Crippen LogP contribution in [-0.2, 0) is 9.53 Å². The van der Waals surface area contributed by atoms with E-state index in [1.54, 1.807) is 0 Å². The Morgan fingerprint density at radius 2 is 2.67 bits per heavy atom. The van der Waals surface area contributed by atoms with Crippen molar-refractivity contribution in [3.8, 4) is 0 Å². The van der Waals surface area contributed by atoms with E-state index in [2.05, 4.69) is 5.32 Å². The molecule has 0 saturated carbocycles. The summed E-state index contributed by atoms with van der Waals surface area (Å²) < 4.78 is 4.93. The van der Waals surface area contributed by atoms with Crippen LogP contribution in [0.15, 0.2) is 0 Å². The summed E-state index contributed by atoms with van der Waals surface area (Å²) in [6.45, 7) is 0.525. The van der Waals surface area contributed by atoms with Crippen LogP contribution < -0.4 is 5.32 Å². The van der Waals surface area contributed by atoms with Gasteiger partial charge >= 0.3 is 0 Å². The molecule has 0 aliphatic carbocycles. The quantitative estimate of drug-likeness (QED) is 0.447. The van der Waals surface area contributed by atoms with E-state index >= 15 is 0 Å². The van der Waals surface area contributed by atoms with Gasteiger partial charge < -0.3 is 9.84 Å². The van der Waals surface area contributed by atoms with Crippen molar-refractivity contribution in [2.75, 3.05) is 13.2 Å². The second kappa shape index (κ2) is 2.91. The van der Waals surface area contributed by atoms with Crippen molar-refractivity contribution in [3.05, 3.63) is 0 Å². The predicted molar refractivity (Wildman–Crippen MR) is 29.8 cm³/mol. The third-order valence-corrected chi connectivity index (χ3v) is 1.21. The zero-order valence-corrected chi connectivity index (χ0v) is 4.91. The number of aldehydes is 1. The van der Waals surface area contributed by atoms with E-state index in [-0.39, 0.29) is 12.7 Å². The van der Waals surface area contributed by atoms with Crippen molar-refractivity contribution in [2.24, 2.45) is 0 Å². The first-order chi connectivity index (χ1) is 4.36. The summed E-state index contributed by atoms with van der Waals surface area (Å²) in [6.07, 6.45) is -0.0438. The number of aliphatic hydroxyl groups is 1. The highest BCUT2D eigenvalue weighted by molar-refractivity contribution is 5.55. The maximum atomic E-state index is 10.00. The monoisotopic (exact) mass is 131 g/mol. The number of hydrogen-bond acceptors (Lipinski definition) is 4. The molecule has 1 saturated heterocycles. The first-order valence-electron chi connectivity index (χ1n) is 2.82. The fourth-order valence-electron chi connectivity index (χ4n) is 0.739. The van der Waals surface area contributed by atoms with Gasteiger partial charge in [-0.25, -0.2) is 0 Å². The zero-order chi connectivity index (χ0) is 6.69. The smallest absolute Gasteiger partial charge is 0.165 e. The Labute approximate surface area is 52.8 Å². The average Bonchev–Trinajstić information content (AvgIpc) is 2.34. The molecule has 0 spiro atoms. The van der Waals surface area contributed by atoms with Crippen LogP contribution in [0.1, 0.15) is 0 Å². The molecule has 4 nitrogen and oxygen atoms in total. The number of carbonyl (C=O) groups is 1. The number of hydrogen-bond donors (Lipinski definition) is 2. The molecule has 1 aliphatic rings. The summed E-state index contributed by atoms with van der Waals surface area (Å²) in [4.78, 5) is 10.00. The van der Waals surface area contributed by atoms with Crippen molar-refractivity contribution >= 4 is 6.29 Å². The number of rotatable bonds is 2. The van der Waals surface area contributed by atoms with Crippen molar-refractivity contribution in [3.63, 3.8) is 0 Å². The Morgan fingerprint density at radius 3 is 3.00 bits per heavy atom. The molecule has 0 aromatic rings. The molecular weight excluding hydrogens is 122 g/mol. The molecule has 4 heteroatoms. The minimum atomic E-state index is -0.512. The lowest BCUT2D eigenvalue weighted by atomic mass is 10.4. The highest BCUT2D eigenvalue weighted by Gasteiger charge is 2.22. The van der Waals surface area contributed by atoms with Gasteiger partial charge in [-0.15, -0.1) is 0 Å². The normalized spacial score (nSPS) is 34.8. The van der Waals surface area contributed by atoms with Gasteiger partial charge in [-0.3, -0.25) is 10.1 Å². The second-order valence-corrected chi connectivity index (χ2v) is 1.91. The molecule has 1 heterocycles. The lowest BCUT2D eigenvalue weighted by Crippen LogP contribution is -2.23. The molecule has 0 bridgehead atoms. The van der Waals surface area contributed by atoms with Crippen molar-refractivity contribution < 1.29 is 14.6 Å². The molecule has 1 rings (SSSR count). The van der Waals surface area contributed by atoms with E-state index in [1.807, 2.05) is 0 Å². The van der Waals surface area contributed by atoms with Gasteiger partial charge in [0.2, 0.25) is 0 Å². The number of ether oxygens (including phenoxy) is 1. The van der Waals surface area contributed by atoms with Gasteiger partial charge in [0.25, 0.3) is 0 Å². The lowest BCUT2D eigenvalue weighted by molar-refractivity contribution is -0.118. The van der Waals surface area contributed by atoms with Crippen molar-refractivity contribution in [1.29, 1.82) is 0 Å². The maximum absolute atomic E-state index is 10.00. The third-order valence-electron chi connectivity index (χ3n) is 1.21. The van der Waals surface area contributed by atoms with E-state index < -0.39 is 6.23 Å². The van der Waals surface area contributed by atoms with E-state index in [9.17, 15) is 4.79 Å². The van der Waals surface area contributed by atoms with Crippen LogP contribution in [0.4, 0.5) is 0 Å². The van der Waals surface area contributed by atoms with Crippen LogP contribution in [0.3, 0.4) is 0 Å². The highest BCUT2D eigenvalue weighted by atomic mass is 16.5. The van der Waals surface area contributed by atoms with E-state index in [0.29, 0.717) is 12.8 Å². The maximum Gasteiger partial charge on any atom is 0.165 e. The second-order valence-electron chi connectivity index (χ2n) is 1.91. The molecule has 1 fully saturated rings. The first kappa shape index (κ1) is 6.67. The van der Waals surface area contributed by atoms with Gasteiger partial charge in [0.1, 0.15) is 0 Å². The van der Waals surface area contributed by atoms with Crippen LogP contribution in [0.5, 0.6) is 0 Å². The van der Waals surface area contributed by atoms with Crippen LogP contribution in [0.2, 0.25) is 0 Å². The molecule has 1 unspecified atom stereocenters. The lowest BCUT2D eigenvalue weighted by Gasteiger charge is -2.02. The fraction of sp³-hybridized carbons (Fsp3) is 0.800. The number of aliphatic hydroxyl groups excluding tert-OH is 1. The molecule has 1 aliphatic heterocycles. The first-order valence-corrected chi connectivity index (χ1v) is 2.82. The van der Waals surface area contributed by atoms with Gasteiger partial charge in [-0.05, 0) is 0 Å². The van der Waals surface area contributed by atoms with Gasteiger partial charge in [0, 0.05) is 6.54 Å². The van der Waals surface area contributed by atoms with E-state index in [1.165, 1.54) is 0 Å². The third kappa shape index (κ3) is 1.48. The fourth-order valence-corrected chi connectivity index (χ4v) is 0.739. The standard InChI is InChI=1S/C5H9NO3/c7-2-4-1-6-5(3-8)9-4/h3-7H,1-2H2/t4-,5?/m0/s1. The number of carbonyl (C=O) groups excluding carboxylic acids is 1.